The zero-order valence-corrected chi connectivity index (χ0v) is 20.9. The first kappa shape index (κ1) is 24.7. The van der Waals surface area contributed by atoms with Gasteiger partial charge < -0.3 is 19.5 Å². The molecule has 1 aliphatic heterocycles. The molecule has 0 bridgehead atoms. The molecule has 0 saturated heterocycles. The molecule has 0 amide bonds. The Hall–Kier alpha value is -3.38. The highest BCUT2D eigenvalue weighted by atomic mass is 16.6. The van der Waals surface area contributed by atoms with E-state index >= 15 is 0 Å². The van der Waals surface area contributed by atoms with Gasteiger partial charge in [-0.05, 0) is 54.5 Å². The Morgan fingerprint density at radius 1 is 0.971 bits per heavy atom. The molecule has 4 rings (SSSR count). The fourth-order valence-corrected chi connectivity index (χ4v) is 5.00. The molecule has 0 aromatic heterocycles. The Morgan fingerprint density at radius 3 is 2.29 bits per heavy atom. The molecule has 184 valence electrons. The van der Waals surface area contributed by atoms with Crippen LogP contribution in [0, 0.1) is 0 Å². The molecule has 35 heavy (non-hydrogen) atoms. The summed E-state index contributed by atoms with van der Waals surface area (Å²) in [5.74, 6) is 0.0203. The smallest absolute Gasteiger partial charge is 0.336 e. The van der Waals surface area contributed by atoms with Gasteiger partial charge in [-0.2, -0.15) is 0 Å². The Labute approximate surface area is 207 Å². The summed E-state index contributed by atoms with van der Waals surface area (Å²) >= 11 is 0. The predicted octanol–water partition coefficient (Wildman–Crippen LogP) is 4.81. The number of ketones is 1. The van der Waals surface area contributed by atoms with E-state index < -0.39 is 11.9 Å². The van der Waals surface area contributed by atoms with Gasteiger partial charge in [0.05, 0.1) is 19.3 Å². The molecule has 1 aliphatic carbocycles. The van der Waals surface area contributed by atoms with E-state index in [0.717, 1.165) is 34.7 Å². The lowest BCUT2D eigenvalue weighted by molar-refractivity contribution is -0.140. The normalized spacial score (nSPS) is 19.8. The summed E-state index contributed by atoms with van der Waals surface area (Å²) in [5.41, 5.74) is 5.99. The number of carbonyl (C=O) groups is 2. The van der Waals surface area contributed by atoms with Crippen LogP contribution in [-0.2, 0) is 25.5 Å². The third-order valence-corrected chi connectivity index (χ3v) is 6.88. The monoisotopic (exact) mass is 475 g/mol. The largest absolute Gasteiger partial charge is 0.497 e. The Bertz CT molecular complexity index is 1140. The van der Waals surface area contributed by atoms with Crippen molar-refractivity contribution in [2.75, 3.05) is 27.4 Å². The molecule has 2 atom stereocenters. The van der Waals surface area contributed by atoms with E-state index in [1.165, 1.54) is 5.56 Å². The molecule has 6 heteroatoms. The molecule has 2 aromatic carbocycles. The Morgan fingerprint density at radius 2 is 1.66 bits per heavy atom. The summed E-state index contributed by atoms with van der Waals surface area (Å²) in [6.07, 6.45) is 2.01. The molecule has 1 N–H and O–H groups in total. The van der Waals surface area contributed by atoms with Crippen LogP contribution in [0.2, 0.25) is 0 Å². The summed E-state index contributed by atoms with van der Waals surface area (Å²) in [6, 6.07) is 16.1. The van der Waals surface area contributed by atoms with Crippen molar-refractivity contribution in [3.63, 3.8) is 0 Å². The number of Topliss-reactive ketones (excluding diaryl/α,β-unsaturated/α-hetero) is 1. The lowest BCUT2D eigenvalue weighted by atomic mass is 9.71. The number of hydrogen-bond donors (Lipinski definition) is 1. The van der Waals surface area contributed by atoms with Crippen molar-refractivity contribution >= 4 is 11.8 Å². The van der Waals surface area contributed by atoms with Gasteiger partial charge >= 0.3 is 5.97 Å². The molecule has 2 aromatic rings. The van der Waals surface area contributed by atoms with E-state index in [4.69, 9.17) is 14.2 Å². The van der Waals surface area contributed by atoms with Crippen molar-refractivity contribution in [3.8, 4) is 5.75 Å². The first-order valence-corrected chi connectivity index (χ1v) is 12.1. The minimum absolute atomic E-state index is 0.0545. The highest BCUT2D eigenvalue weighted by Gasteiger charge is 2.41. The third kappa shape index (κ3) is 5.17. The van der Waals surface area contributed by atoms with Crippen LogP contribution in [0.15, 0.2) is 71.1 Å². The second-order valence-electron chi connectivity index (χ2n) is 9.01. The van der Waals surface area contributed by atoms with Crippen molar-refractivity contribution in [1.82, 2.24) is 5.32 Å². The highest BCUT2D eigenvalue weighted by molar-refractivity contribution is 6.04. The van der Waals surface area contributed by atoms with E-state index in [-0.39, 0.29) is 18.3 Å². The van der Waals surface area contributed by atoms with Crippen LogP contribution in [-0.4, -0.2) is 39.2 Å². The summed E-state index contributed by atoms with van der Waals surface area (Å²) in [6.45, 7) is 4.46. The SMILES string of the molecule is CCc1ccc([C@H]2C(C(=O)OCCOC)=C(C)NC3=C2C(=O)C[C@H](c2ccc(OC)cc2)C3)cc1. The molecule has 0 radical (unpaired) electrons. The number of aryl methyl sites for hydroxylation is 1. The molecule has 0 unspecified atom stereocenters. The van der Waals surface area contributed by atoms with Crippen molar-refractivity contribution in [2.24, 2.45) is 0 Å². The lowest BCUT2D eigenvalue weighted by Gasteiger charge is -2.36. The minimum Gasteiger partial charge on any atom is -0.497 e. The first-order valence-electron chi connectivity index (χ1n) is 12.1. The standard InChI is InChI=1S/C29H33NO5/c1-5-19-6-8-21(9-7-19)27-26(29(32)35-15-14-33-3)18(2)30-24-16-22(17-25(31)28(24)27)20-10-12-23(34-4)13-11-20/h6-13,22,27,30H,5,14-17H2,1-4H3/t22-,27+/m1/s1. The number of nitrogens with one attached hydrogen (secondary N) is 1. The number of carbonyl (C=O) groups excluding carboxylic acids is 2. The van der Waals surface area contributed by atoms with Crippen LogP contribution >= 0.6 is 0 Å². The summed E-state index contributed by atoms with van der Waals surface area (Å²) in [5, 5.41) is 3.40. The van der Waals surface area contributed by atoms with E-state index in [1.54, 1.807) is 14.2 Å². The van der Waals surface area contributed by atoms with Crippen LogP contribution in [0.3, 0.4) is 0 Å². The summed E-state index contributed by atoms with van der Waals surface area (Å²) in [7, 11) is 3.21. The quantitative estimate of drug-likeness (QED) is 0.436. The second kappa shape index (κ2) is 10.9. The van der Waals surface area contributed by atoms with Crippen molar-refractivity contribution in [2.45, 2.75) is 44.9 Å². The van der Waals surface area contributed by atoms with Gasteiger partial charge in [-0.15, -0.1) is 0 Å². The molecule has 0 saturated carbocycles. The Balaban J connectivity index is 1.72. The van der Waals surface area contributed by atoms with Gasteiger partial charge in [0.15, 0.2) is 5.78 Å². The fraction of sp³-hybridized carbons (Fsp3) is 0.379. The molecule has 1 heterocycles. The average molecular weight is 476 g/mol. The second-order valence-corrected chi connectivity index (χ2v) is 9.01. The topological polar surface area (TPSA) is 73.9 Å². The molecule has 0 spiro atoms. The molecular weight excluding hydrogens is 442 g/mol. The number of esters is 1. The number of allylic oxidation sites excluding steroid dienone is 3. The maximum Gasteiger partial charge on any atom is 0.336 e. The van der Waals surface area contributed by atoms with Crippen LogP contribution in [0.5, 0.6) is 5.75 Å². The van der Waals surface area contributed by atoms with Gasteiger partial charge in [0, 0.05) is 36.4 Å². The van der Waals surface area contributed by atoms with Crippen molar-refractivity contribution in [1.29, 1.82) is 0 Å². The predicted molar refractivity (Wildman–Crippen MR) is 134 cm³/mol. The maximum absolute atomic E-state index is 13.7. The third-order valence-electron chi connectivity index (χ3n) is 6.88. The van der Waals surface area contributed by atoms with Gasteiger partial charge in [-0.3, -0.25) is 4.79 Å². The highest BCUT2D eigenvalue weighted by Crippen LogP contribution is 2.45. The summed E-state index contributed by atoms with van der Waals surface area (Å²) in [4.78, 5) is 26.9. The summed E-state index contributed by atoms with van der Waals surface area (Å²) < 4.78 is 15.8. The first-order chi connectivity index (χ1) is 17.0. The van der Waals surface area contributed by atoms with Crippen LogP contribution < -0.4 is 10.1 Å². The van der Waals surface area contributed by atoms with E-state index in [1.807, 2.05) is 43.3 Å². The van der Waals surface area contributed by atoms with Gasteiger partial charge in [0.1, 0.15) is 12.4 Å². The van der Waals surface area contributed by atoms with Crippen LogP contribution in [0.25, 0.3) is 0 Å². The van der Waals surface area contributed by atoms with Gasteiger partial charge in [-0.1, -0.05) is 43.3 Å². The zero-order chi connectivity index (χ0) is 24.9. The van der Waals surface area contributed by atoms with Crippen LogP contribution in [0.1, 0.15) is 55.2 Å². The van der Waals surface area contributed by atoms with Crippen molar-refractivity contribution in [3.05, 3.63) is 87.8 Å². The molecule has 6 nitrogen and oxygen atoms in total. The van der Waals surface area contributed by atoms with Gasteiger partial charge in [-0.25, -0.2) is 4.79 Å². The maximum atomic E-state index is 13.7. The van der Waals surface area contributed by atoms with Crippen molar-refractivity contribution < 1.29 is 23.8 Å². The molecular formula is C29H33NO5. The zero-order valence-electron chi connectivity index (χ0n) is 20.9. The minimum atomic E-state index is -0.462. The van der Waals surface area contributed by atoms with E-state index in [2.05, 4.69) is 24.4 Å². The molecule has 0 fully saturated rings. The Kier molecular flexibility index (Phi) is 7.71. The van der Waals surface area contributed by atoms with Gasteiger partial charge in [0.25, 0.3) is 0 Å². The number of rotatable bonds is 8. The number of ether oxygens (including phenoxy) is 3. The number of dihydropyridines is 1. The lowest BCUT2D eigenvalue weighted by Crippen LogP contribution is -2.36. The van der Waals surface area contributed by atoms with E-state index in [0.29, 0.717) is 30.6 Å². The number of hydrogen-bond acceptors (Lipinski definition) is 6. The fourth-order valence-electron chi connectivity index (χ4n) is 5.00. The number of benzene rings is 2. The average Bonchev–Trinajstić information content (AvgIpc) is 2.88. The van der Waals surface area contributed by atoms with Crippen LogP contribution in [0.4, 0.5) is 0 Å². The van der Waals surface area contributed by atoms with E-state index in [9.17, 15) is 9.59 Å². The van der Waals surface area contributed by atoms with Gasteiger partial charge in [0.2, 0.25) is 0 Å². The molecule has 2 aliphatic rings. The number of methoxy groups -OCH3 is 2.